The molecule has 0 N–H and O–H groups in total. The Morgan fingerprint density at radius 3 is 2.48 bits per heavy atom. The summed E-state index contributed by atoms with van der Waals surface area (Å²) in [6, 6.07) is 23.8. The van der Waals surface area contributed by atoms with Crippen LogP contribution in [0.2, 0.25) is 0 Å². The number of ether oxygens (including phenoxy) is 1. The Kier molecular flexibility index (Phi) is 6.45. The third-order valence-electron chi connectivity index (χ3n) is 4.22. The first-order valence-corrected chi connectivity index (χ1v) is 10.3. The molecule has 6 heteroatoms. The maximum atomic E-state index is 5.87. The van der Waals surface area contributed by atoms with E-state index >= 15 is 0 Å². The highest BCUT2D eigenvalue weighted by molar-refractivity contribution is 7.99. The predicted octanol–water partition coefficient (Wildman–Crippen LogP) is 5.30. The number of furan rings is 1. The van der Waals surface area contributed by atoms with Crippen molar-refractivity contribution in [3.8, 4) is 5.75 Å². The van der Waals surface area contributed by atoms with E-state index in [1.165, 1.54) is 5.56 Å². The lowest BCUT2D eigenvalue weighted by Crippen LogP contribution is -2.09. The second-order valence-electron chi connectivity index (χ2n) is 6.29. The summed E-state index contributed by atoms with van der Waals surface area (Å²) in [5, 5.41) is 9.56. The fourth-order valence-corrected chi connectivity index (χ4v) is 3.55. The largest absolute Gasteiger partial charge is 0.486 e. The molecule has 0 saturated carbocycles. The van der Waals surface area contributed by atoms with E-state index in [2.05, 4.69) is 34.5 Å². The standard InChI is InChI=1S/C23H21N3O2S/c1-3-9-19(10-4-1)11-8-16-29-23-25-24-22(18-28-20-12-5-2-6-13-20)26(23)17-21-14-7-15-27-21/h1-15H,16-18H2. The summed E-state index contributed by atoms with van der Waals surface area (Å²) < 4.78 is 13.4. The highest BCUT2D eigenvalue weighted by Gasteiger charge is 2.14. The summed E-state index contributed by atoms with van der Waals surface area (Å²) in [5.41, 5.74) is 1.18. The maximum absolute atomic E-state index is 5.87. The van der Waals surface area contributed by atoms with Crippen LogP contribution in [0, 0.1) is 0 Å². The van der Waals surface area contributed by atoms with Crippen LogP contribution in [0.3, 0.4) is 0 Å². The van der Waals surface area contributed by atoms with Gasteiger partial charge in [-0.3, -0.25) is 4.57 Å². The molecule has 29 heavy (non-hydrogen) atoms. The molecule has 0 fully saturated rings. The number of hydrogen-bond acceptors (Lipinski definition) is 5. The molecule has 2 aromatic carbocycles. The summed E-state index contributed by atoms with van der Waals surface area (Å²) >= 11 is 1.64. The molecule has 5 nitrogen and oxygen atoms in total. The second-order valence-corrected chi connectivity index (χ2v) is 7.28. The fourth-order valence-electron chi connectivity index (χ4n) is 2.79. The second kappa shape index (κ2) is 9.80. The monoisotopic (exact) mass is 403 g/mol. The minimum absolute atomic E-state index is 0.345. The van der Waals surface area contributed by atoms with Crippen LogP contribution in [0.5, 0.6) is 5.75 Å². The number of thioether (sulfide) groups is 1. The summed E-state index contributed by atoms with van der Waals surface area (Å²) in [6.07, 6.45) is 5.92. The topological polar surface area (TPSA) is 53.1 Å². The molecule has 4 aromatic rings. The van der Waals surface area contributed by atoms with Crippen molar-refractivity contribution in [3.05, 3.63) is 102 Å². The van der Waals surface area contributed by atoms with E-state index in [0.29, 0.717) is 13.2 Å². The molecule has 0 aliphatic carbocycles. The number of hydrogen-bond donors (Lipinski definition) is 0. The van der Waals surface area contributed by atoms with Crippen LogP contribution < -0.4 is 4.74 Å². The Hall–Kier alpha value is -3.25. The zero-order chi connectivity index (χ0) is 19.7. The summed E-state index contributed by atoms with van der Waals surface area (Å²) in [7, 11) is 0. The van der Waals surface area contributed by atoms with Crippen molar-refractivity contribution in [3.63, 3.8) is 0 Å². The van der Waals surface area contributed by atoms with Gasteiger partial charge in [0.1, 0.15) is 18.1 Å². The Balaban J connectivity index is 1.45. The summed E-state index contributed by atoms with van der Waals surface area (Å²) in [6.45, 7) is 0.913. The van der Waals surface area contributed by atoms with Crippen molar-refractivity contribution in [2.24, 2.45) is 0 Å². The Morgan fingerprint density at radius 2 is 1.72 bits per heavy atom. The van der Waals surface area contributed by atoms with Gasteiger partial charge in [-0.05, 0) is 29.8 Å². The van der Waals surface area contributed by atoms with Crippen molar-refractivity contribution in [2.45, 2.75) is 18.3 Å². The van der Waals surface area contributed by atoms with Gasteiger partial charge >= 0.3 is 0 Å². The molecule has 0 spiro atoms. The Labute approximate surface area is 174 Å². The van der Waals surface area contributed by atoms with Gasteiger partial charge < -0.3 is 9.15 Å². The molecule has 0 atom stereocenters. The first-order chi connectivity index (χ1) is 14.4. The zero-order valence-corrected chi connectivity index (χ0v) is 16.7. The van der Waals surface area contributed by atoms with Crippen molar-refractivity contribution >= 4 is 17.8 Å². The van der Waals surface area contributed by atoms with Gasteiger partial charge in [-0.15, -0.1) is 10.2 Å². The van der Waals surface area contributed by atoms with E-state index < -0.39 is 0 Å². The molecule has 0 aliphatic heterocycles. The quantitative estimate of drug-likeness (QED) is 0.355. The minimum atomic E-state index is 0.345. The molecule has 0 unspecified atom stereocenters. The van der Waals surface area contributed by atoms with Crippen LogP contribution in [0.15, 0.2) is 94.7 Å². The number of rotatable bonds is 9. The van der Waals surface area contributed by atoms with Crippen LogP contribution in [0.4, 0.5) is 0 Å². The smallest absolute Gasteiger partial charge is 0.192 e. The normalized spacial score (nSPS) is 11.2. The Bertz CT molecular complexity index is 1030. The van der Waals surface area contributed by atoms with Gasteiger partial charge in [0.05, 0.1) is 12.8 Å². The molecule has 0 amide bonds. The number of nitrogens with zero attached hydrogens (tertiary/aromatic N) is 3. The first kappa shape index (κ1) is 19.1. The van der Waals surface area contributed by atoms with Gasteiger partial charge in [0, 0.05) is 5.75 Å². The molecule has 2 heterocycles. The molecular formula is C23H21N3O2S. The number of aromatic nitrogens is 3. The summed E-state index contributed by atoms with van der Waals surface area (Å²) in [5.74, 6) is 3.22. The van der Waals surface area contributed by atoms with Gasteiger partial charge in [-0.25, -0.2) is 0 Å². The molecule has 0 saturated heterocycles. The average molecular weight is 404 g/mol. The highest BCUT2D eigenvalue weighted by Crippen LogP contribution is 2.21. The molecule has 0 radical (unpaired) electrons. The van der Waals surface area contributed by atoms with E-state index in [-0.39, 0.29) is 0 Å². The van der Waals surface area contributed by atoms with Crippen LogP contribution in [-0.2, 0) is 13.2 Å². The average Bonchev–Trinajstić information content (AvgIpc) is 3.42. The van der Waals surface area contributed by atoms with Crippen LogP contribution in [-0.4, -0.2) is 20.5 Å². The highest BCUT2D eigenvalue weighted by atomic mass is 32.2. The van der Waals surface area contributed by atoms with Gasteiger partial charge in [-0.1, -0.05) is 72.4 Å². The van der Waals surface area contributed by atoms with Crippen LogP contribution in [0.25, 0.3) is 6.08 Å². The van der Waals surface area contributed by atoms with Crippen LogP contribution in [0.1, 0.15) is 17.1 Å². The SMILES string of the molecule is C(=Cc1ccccc1)CSc1nnc(COc2ccccc2)n1Cc1ccco1. The molecule has 2 aromatic heterocycles. The maximum Gasteiger partial charge on any atom is 0.192 e. The molecule has 146 valence electrons. The van der Waals surface area contributed by atoms with E-state index in [1.807, 2.05) is 65.2 Å². The molecule has 4 rings (SSSR count). The molecule has 0 bridgehead atoms. The fraction of sp³-hybridized carbons (Fsp3) is 0.130. The van der Waals surface area contributed by atoms with Crippen molar-refractivity contribution < 1.29 is 9.15 Å². The van der Waals surface area contributed by atoms with Crippen LogP contribution >= 0.6 is 11.8 Å². The Morgan fingerprint density at radius 1 is 0.931 bits per heavy atom. The molecular weight excluding hydrogens is 382 g/mol. The zero-order valence-electron chi connectivity index (χ0n) is 15.8. The number of benzene rings is 2. The van der Waals surface area contributed by atoms with Gasteiger partial charge in [-0.2, -0.15) is 0 Å². The van der Waals surface area contributed by atoms with Gasteiger partial charge in [0.15, 0.2) is 11.0 Å². The molecule has 0 aliphatic rings. The lowest BCUT2D eigenvalue weighted by atomic mass is 10.2. The van der Waals surface area contributed by atoms with E-state index in [4.69, 9.17) is 9.15 Å². The summed E-state index contributed by atoms with van der Waals surface area (Å²) in [4.78, 5) is 0. The van der Waals surface area contributed by atoms with E-state index in [9.17, 15) is 0 Å². The van der Waals surface area contributed by atoms with Crippen molar-refractivity contribution in [1.82, 2.24) is 14.8 Å². The first-order valence-electron chi connectivity index (χ1n) is 9.35. The predicted molar refractivity (Wildman–Crippen MR) is 115 cm³/mol. The van der Waals surface area contributed by atoms with E-state index in [1.54, 1.807) is 18.0 Å². The van der Waals surface area contributed by atoms with E-state index in [0.717, 1.165) is 28.2 Å². The van der Waals surface area contributed by atoms with Gasteiger partial charge in [0.25, 0.3) is 0 Å². The van der Waals surface area contributed by atoms with Crippen molar-refractivity contribution in [2.75, 3.05) is 5.75 Å². The van der Waals surface area contributed by atoms with Crippen molar-refractivity contribution in [1.29, 1.82) is 0 Å². The third-order valence-corrected chi connectivity index (χ3v) is 5.14. The lowest BCUT2D eigenvalue weighted by molar-refractivity contribution is 0.287. The number of para-hydroxylation sites is 1. The minimum Gasteiger partial charge on any atom is -0.486 e. The lowest BCUT2D eigenvalue weighted by Gasteiger charge is -2.09. The third kappa shape index (κ3) is 5.39. The van der Waals surface area contributed by atoms with Gasteiger partial charge in [0.2, 0.25) is 0 Å².